The van der Waals surface area contributed by atoms with Crippen LogP contribution in [0.1, 0.15) is 31.4 Å². The van der Waals surface area contributed by atoms with Crippen LogP contribution in [0.15, 0.2) is 59.0 Å². The predicted molar refractivity (Wildman–Crippen MR) is 127 cm³/mol. The van der Waals surface area contributed by atoms with E-state index in [0.717, 1.165) is 87.1 Å². The lowest BCUT2D eigenvalue weighted by molar-refractivity contribution is 0.253. The number of piperazine rings is 1. The minimum absolute atomic E-state index is 0.167. The average Bonchev–Trinajstić information content (AvgIpc) is 3.23. The monoisotopic (exact) mass is 436 g/mol. The number of nitrogens with zero attached hydrogens (tertiary/aromatic N) is 3. The quantitative estimate of drug-likeness (QED) is 0.465. The second kappa shape index (κ2) is 11.2. The third-order valence-corrected chi connectivity index (χ3v) is 5.92. The minimum Gasteiger partial charge on any atom is -0.444 e. The Bertz CT molecular complexity index is 967. The Hall–Kier alpha value is -2.70. The van der Waals surface area contributed by atoms with Gasteiger partial charge in [-0.25, -0.2) is 9.37 Å². The van der Waals surface area contributed by atoms with Crippen molar-refractivity contribution in [2.75, 3.05) is 44.2 Å². The highest BCUT2D eigenvalue weighted by atomic mass is 19.1. The van der Waals surface area contributed by atoms with E-state index in [1.165, 1.54) is 6.07 Å². The summed E-state index contributed by atoms with van der Waals surface area (Å²) in [4.78, 5) is 9.50. The van der Waals surface area contributed by atoms with Crippen molar-refractivity contribution in [3.63, 3.8) is 0 Å². The van der Waals surface area contributed by atoms with E-state index in [4.69, 9.17) is 9.40 Å². The van der Waals surface area contributed by atoms with Gasteiger partial charge in [-0.3, -0.25) is 4.90 Å². The van der Waals surface area contributed by atoms with Crippen LogP contribution in [0.5, 0.6) is 0 Å². The van der Waals surface area contributed by atoms with Gasteiger partial charge in [0.15, 0.2) is 0 Å². The summed E-state index contributed by atoms with van der Waals surface area (Å²) >= 11 is 0. The third kappa shape index (κ3) is 5.96. The Balaban J connectivity index is 1.19. The Morgan fingerprint density at radius 3 is 2.59 bits per heavy atom. The van der Waals surface area contributed by atoms with E-state index < -0.39 is 0 Å². The molecule has 0 atom stereocenters. The Morgan fingerprint density at radius 1 is 1.03 bits per heavy atom. The second-order valence-electron chi connectivity index (χ2n) is 8.33. The molecule has 2 aromatic carbocycles. The molecule has 5 nitrogen and oxygen atoms in total. The topological polar surface area (TPSA) is 44.5 Å². The molecule has 0 aliphatic carbocycles. The highest BCUT2D eigenvalue weighted by Gasteiger charge is 2.17. The summed E-state index contributed by atoms with van der Waals surface area (Å²) in [6, 6.07) is 17.2. The number of hydrogen-bond acceptors (Lipinski definition) is 5. The largest absolute Gasteiger partial charge is 0.444 e. The van der Waals surface area contributed by atoms with Gasteiger partial charge in [0.05, 0.1) is 6.54 Å². The van der Waals surface area contributed by atoms with E-state index in [9.17, 15) is 4.39 Å². The summed E-state index contributed by atoms with van der Waals surface area (Å²) in [7, 11) is 0. The van der Waals surface area contributed by atoms with Crippen molar-refractivity contribution in [2.24, 2.45) is 0 Å². The molecule has 1 aromatic heterocycles. The van der Waals surface area contributed by atoms with Crippen molar-refractivity contribution in [2.45, 2.75) is 32.7 Å². The molecule has 0 unspecified atom stereocenters. The maximum atomic E-state index is 13.5. The Kier molecular flexibility index (Phi) is 7.91. The van der Waals surface area contributed by atoms with Crippen molar-refractivity contribution in [1.82, 2.24) is 15.2 Å². The molecule has 6 heteroatoms. The number of anilines is 1. The van der Waals surface area contributed by atoms with Crippen molar-refractivity contribution >= 4 is 5.69 Å². The molecule has 32 heavy (non-hydrogen) atoms. The van der Waals surface area contributed by atoms with E-state index in [1.807, 2.05) is 24.3 Å². The van der Waals surface area contributed by atoms with Crippen LogP contribution in [-0.2, 0) is 13.0 Å². The molecule has 0 radical (unpaired) electrons. The van der Waals surface area contributed by atoms with Gasteiger partial charge in [0, 0.05) is 43.9 Å². The van der Waals surface area contributed by atoms with Gasteiger partial charge in [0.1, 0.15) is 17.3 Å². The van der Waals surface area contributed by atoms with Crippen LogP contribution in [0.25, 0.3) is 11.3 Å². The lowest BCUT2D eigenvalue weighted by Crippen LogP contribution is -2.47. The molecule has 1 aliphatic heterocycles. The van der Waals surface area contributed by atoms with Gasteiger partial charge in [0.2, 0.25) is 5.89 Å². The molecule has 4 rings (SSSR count). The van der Waals surface area contributed by atoms with Crippen molar-refractivity contribution in [3.05, 3.63) is 72.1 Å². The molecular weight excluding hydrogens is 403 g/mol. The molecule has 0 saturated carbocycles. The van der Waals surface area contributed by atoms with Crippen molar-refractivity contribution in [3.8, 4) is 11.3 Å². The lowest BCUT2D eigenvalue weighted by Gasteiger charge is -2.36. The molecule has 2 heterocycles. The smallest absolute Gasteiger partial charge is 0.208 e. The molecule has 3 aromatic rings. The van der Waals surface area contributed by atoms with E-state index in [-0.39, 0.29) is 5.82 Å². The summed E-state index contributed by atoms with van der Waals surface area (Å²) in [5, 5.41) is 3.48. The molecule has 1 saturated heterocycles. The number of aryl methyl sites for hydroxylation is 1. The van der Waals surface area contributed by atoms with Gasteiger partial charge in [-0.2, -0.15) is 0 Å². The van der Waals surface area contributed by atoms with E-state index in [0.29, 0.717) is 6.54 Å². The second-order valence-corrected chi connectivity index (χ2v) is 8.33. The lowest BCUT2D eigenvalue weighted by atomic mass is 10.1. The Morgan fingerprint density at radius 2 is 1.84 bits per heavy atom. The predicted octanol–water partition coefficient (Wildman–Crippen LogP) is 4.74. The fraction of sp³-hybridized carbons (Fsp3) is 0.423. The van der Waals surface area contributed by atoms with Crippen LogP contribution in [0.3, 0.4) is 0 Å². The first kappa shape index (κ1) is 22.5. The number of rotatable bonds is 10. The third-order valence-electron chi connectivity index (χ3n) is 5.92. The van der Waals surface area contributed by atoms with Crippen LogP contribution in [-0.4, -0.2) is 49.2 Å². The summed E-state index contributed by atoms with van der Waals surface area (Å²) in [5.41, 5.74) is 3.07. The van der Waals surface area contributed by atoms with Crippen molar-refractivity contribution < 1.29 is 8.81 Å². The highest BCUT2D eigenvalue weighted by molar-refractivity contribution is 5.61. The van der Waals surface area contributed by atoms with Crippen LogP contribution in [0.2, 0.25) is 0 Å². The fourth-order valence-corrected chi connectivity index (χ4v) is 4.22. The van der Waals surface area contributed by atoms with Gasteiger partial charge < -0.3 is 14.6 Å². The number of aromatic nitrogens is 1. The average molecular weight is 437 g/mol. The molecule has 170 valence electrons. The van der Waals surface area contributed by atoms with Gasteiger partial charge in [-0.1, -0.05) is 43.3 Å². The summed E-state index contributed by atoms with van der Waals surface area (Å²) in [5.74, 6) is 1.57. The first-order chi connectivity index (χ1) is 15.7. The number of halogens is 1. The van der Waals surface area contributed by atoms with Crippen LogP contribution >= 0.6 is 0 Å². The molecule has 1 fully saturated rings. The normalized spacial score (nSPS) is 14.8. The molecule has 0 amide bonds. The first-order valence-corrected chi connectivity index (χ1v) is 11.7. The summed E-state index contributed by atoms with van der Waals surface area (Å²) in [6.07, 6.45) is 3.02. The van der Waals surface area contributed by atoms with Gasteiger partial charge in [-0.05, 0) is 44.1 Å². The molecular formula is C26H33FN4O. The zero-order chi connectivity index (χ0) is 22.2. The van der Waals surface area contributed by atoms with E-state index in [1.54, 1.807) is 12.1 Å². The molecule has 0 bridgehead atoms. The number of nitrogens with one attached hydrogen (secondary N) is 1. The minimum atomic E-state index is -0.167. The fourth-order valence-electron chi connectivity index (χ4n) is 4.22. The zero-order valence-electron chi connectivity index (χ0n) is 18.9. The van der Waals surface area contributed by atoms with Crippen molar-refractivity contribution in [1.29, 1.82) is 0 Å². The number of hydrogen-bond donors (Lipinski definition) is 1. The molecule has 0 spiro atoms. The standard InChI is InChI=1S/C26H33FN4O/c1-2-8-24-26(21-9-4-3-5-10-21)29-25(32-24)20-28-13-7-14-30-15-17-31(18-16-30)23-12-6-11-22(27)19-23/h3-6,9-12,19,28H,2,7-8,13-18,20H2,1H3. The van der Waals surface area contributed by atoms with Crippen LogP contribution in [0, 0.1) is 5.82 Å². The molecule has 1 N–H and O–H groups in total. The molecule has 1 aliphatic rings. The number of benzene rings is 2. The van der Waals surface area contributed by atoms with Gasteiger partial charge in [-0.15, -0.1) is 0 Å². The van der Waals surface area contributed by atoms with E-state index in [2.05, 4.69) is 34.2 Å². The van der Waals surface area contributed by atoms with E-state index >= 15 is 0 Å². The zero-order valence-corrected chi connectivity index (χ0v) is 18.9. The SMILES string of the molecule is CCCc1oc(CNCCCN2CCN(c3cccc(F)c3)CC2)nc1-c1ccccc1. The summed E-state index contributed by atoms with van der Waals surface area (Å²) in [6.45, 7) is 8.70. The summed E-state index contributed by atoms with van der Waals surface area (Å²) < 4.78 is 19.5. The van der Waals surface area contributed by atoms with Gasteiger partial charge in [0.25, 0.3) is 0 Å². The van der Waals surface area contributed by atoms with Crippen LogP contribution < -0.4 is 10.2 Å². The highest BCUT2D eigenvalue weighted by Crippen LogP contribution is 2.25. The first-order valence-electron chi connectivity index (χ1n) is 11.7. The van der Waals surface area contributed by atoms with Crippen LogP contribution in [0.4, 0.5) is 10.1 Å². The maximum Gasteiger partial charge on any atom is 0.208 e. The van der Waals surface area contributed by atoms with Gasteiger partial charge >= 0.3 is 0 Å². The maximum absolute atomic E-state index is 13.5. The Labute approximate surface area is 190 Å². The number of oxazole rings is 1.